The number of hydrogen-bond donors (Lipinski definition) is 0. The summed E-state index contributed by atoms with van der Waals surface area (Å²) in [6, 6.07) is 6.39. The minimum atomic E-state index is -3.87. The molecule has 1 aliphatic carbocycles. The zero-order valence-electron chi connectivity index (χ0n) is 10.5. The van der Waals surface area contributed by atoms with Gasteiger partial charge in [0.2, 0.25) is 0 Å². The third-order valence-electron chi connectivity index (χ3n) is 2.65. The molecule has 0 spiro atoms. The Morgan fingerprint density at radius 3 is 2.53 bits per heavy atom. The van der Waals surface area contributed by atoms with E-state index in [1.165, 1.54) is 12.1 Å². The topological polar surface area (TPSA) is 55.7 Å². The Balaban J connectivity index is 2.18. The summed E-state index contributed by atoms with van der Waals surface area (Å²) < 4.78 is 28.5. The van der Waals surface area contributed by atoms with Crippen molar-refractivity contribution in [1.82, 2.24) is 0 Å². The fourth-order valence-corrected chi connectivity index (χ4v) is 2.25. The second-order valence-electron chi connectivity index (χ2n) is 4.21. The van der Waals surface area contributed by atoms with Crippen molar-refractivity contribution in [2.45, 2.75) is 11.8 Å². The lowest BCUT2D eigenvalue weighted by Crippen LogP contribution is -2.11. The quantitative estimate of drug-likeness (QED) is 0.797. The van der Waals surface area contributed by atoms with Gasteiger partial charge in [0.1, 0.15) is 4.90 Å². The van der Waals surface area contributed by atoms with E-state index in [0.717, 1.165) is 5.56 Å². The van der Waals surface area contributed by atoms with E-state index in [-0.39, 0.29) is 10.8 Å². The van der Waals surface area contributed by atoms with Crippen molar-refractivity contribution < 1.29 is 12.7 Å². The summed E-state index contributed by atoms with van der Waals surface area (Å²) in [6.07, 6.45) is 7.05. The monoisotopic (exact) mass is 276 g/mol. The van der Waals surface area contributed by atoms with E-state index in [4.69, 9.17) is 4.28 Å². The zero-order chi connectivity index (χ0) is 13.9. The maximum Gasteiger partial charge on any atom is 0.358 e. The lowest BCUT2D eigenvalue weighted by molar-refractivity contribution is 0.337. The first-order valence-electron chi connectivity index (χ1n) is 5.75. The third-order valence-corrected chi connectivity index (χ3v) is 3.77. The molecule has 0 N–H and O–H groups in total. The normalized spacial score (nSPS) is 20.7. The molecule has 99 valence electrons. The van der Waals surface area contributed by atoms with Crippen LogP contribution in [0.15, 0.2) is 58.6 Å². The second kappa shape index (κ2) is 5.40. The Labute approximate surface area is 113 Å². The van der Waals surface area contributed by atoms with Crippen LogP contribution in [0.25, 0.3) is 0 Å². The van der Waals surface area contributed by atoms with Gasteiger partial charge in [-0.3, -0.25) is 4.28 Å². The highest BCUT2D eigenvalue weighted by Crippen LogP contribution is 2.15. The van der Waals surface area contributed by atoms with Crippen LogP contribution in [0.3, 0.4) is 0 Å². The predicted octanol–water partition coefficient (Wildman–Crippen LogP) is 2.63. The lowest BCUT2D eigenvalue weighted by Gasteiger charge is -2.09. The van der Waals surface area contributed by atoms with E-state index in [2.05, 4.69) is 12.1 Å². The zero-order valence-corrected chi connectivity index (χ0v) is 11.3. The molecule has 0 aromatic heterocycles. The SMILES string of the molecule is [CH2]C1C=CC=C/C1=N/OS(=O)(=O)c1ccc(C)cc1. The van der Waals surface area contributed by atoms with Crippen LogP contribution >= 0.6 is 0 Å². The van der Waals surface area contributed by atoms with Crippen molar-refractivity contribution >= 4 is 15.8 Å². The fourth-order valence-electron chi connectivity index (χ4n) is 1.51. The molecule has 0 fully saturated rings. The van der Waals surface area contributed by atoms with Crippen LogP contribution in [0.4, 0.5) is 0 Å². The molecule has 0 heterocycles. The van der Waals surface area contributed by atoms with Crippen molar-refractivity contribution in [1.29, 1.82) is 0 Å². The van der Waals surface area contributed by atoms with Gasteiger partial charge in [-0.15, -0.1) is 0 Å². The highest BCUT2D eigenvalue weighted by atomic mass is 32.2. The van der Waals surface area contributed by atoms with E-state index >= 15 is 0 Å². The van der Waals surface area contributed by atoms with E-state index in [9.17, 15) is 8.42 Å². The van der Waals surface area contributed by atoms with E-state index in [1.807, 2.05) is 13.0 Å². The molecule has 2 rings (SSSR count). The van der Waals surface area contributed by atoms with Gasteiger partial charge in [-0.25, -0.2) is 0 Å². The van der Waals surface area contributed by atoms with Gasteiger partial charge in [-0.1, -0.05) is 41.1 Å². The van der Waals surface area contributed by atoms with E-state index in [1.54, 1.807) is 30.4 Å². The molecule has 1 atom stereocenters. The average Bonchev–Trinajstić information content (AvgIpc) is 2.38. The molecule has 0 bridgehead atoms. The lowest BCUT2D eigenvalue weighted by atomic mass is 10.0. The standard InChI is InChI=1S/C14H14NO3S/c1-11-7-9-13(10-8-11)19(16,17)18-15-14-6-4-3-5-12(14)2/h3-10,12H,2H2,1H3/b15-14-. The first kappa shape index (κ1) is 13.5. The van der Waals surface area contributed by atoms with Crippen LogP contribution < -0.4 is 0 Å². The molecule has 1 aliphatic rings. The summed E-state index contributed by atoms with van der Waals surface area (Å²) in [4.78, 5) is 0.0818. The Morgan fingerprint density at radius 1 is 1.21 bits per heavy atom. The first-order chi connectivity index (χ1) is 8.99. The number of rotatable bonds is 3. The van der Waals surface area contributed by atoms with Crippen LogP contribution in [0, 0.1) is 19.8 Å². The van der Waals surface area contributed by atoms with Gasteiger partial charge >= 0.3 is 10.1 Å². The van der Waals surface area contributed by atoms with E-state index < -0.39 is 10.1 Å². The fraction of sp³-hybridized carbons (Fsp3) is 0.143. The molecule has 0 amide bonds. The summed E-state index contributed by atoms with van der Waals surface area (Å²) in [7, 11) is -3.87. The molecule has 0 saturated heterocycles. The molecule has 1 aromatic rings. The molecule has 0 saturated carbocycles. The van der Waals surface area contributed by atoms with Crippen LogP contribution in [0.1, 0.15) is 5.56 Å². The van der Waals surface area contributed by atoms with Gasteiger partial charge in [0.05, 0.1) is 5.71 Å². The van der Waals surface area contributed by atoms with Gasteiger partial charge in [-0.05, 0) is 32.1 Å². The molecule has 0 aliphatic heterocycles. The molecule has 1 unspecified atom stereocenters. The van der Waals surface area contributed by atoms with Gasteiger partial charge in [0, 0.05) is 5.92 Å². The average molecular weight is 276 g/mol. The highest BCUT2D eigenvalue weighted by Gasteiger charge is 2.16. The number of aryl methyl sites for hydroxylation is 1. The third kappa shape index (κ3) is 3.32. The Kier molecular flexibility index (Phi) is 3.85. The predicted molar refractivity (Wildman–Crippen MR) is 74.0 cm³/mol. The van der Waals surface area contributed by atoms with Gasteiger partial charge in [0.25, 0.3) is 0 Å². The second-order valence-corrected chi connectivity index (χ2v) is 5.74. The summed E-state index contributed by atoms with van der Waals surface area (Å²) in [5.41, 5.74) is 1.45. The molecule has 4 nitrogen and oxygen atoms in total. The smallest absolute Gasteiger partial charge is 0.264 e. The Hall–Kier alpha value is -1.88. The largest absolute Gasteiger partial charge is 0.358 e. The highest BCUT2D eigenvalue weighted by molar-refractivity contribution is 7.86. The molecular formula is C14H14NO3S. The van der Waals surface area contributed by atoms with Crippen LogP contribution in [-0.4, -0.2) is 14.1 Å². The molecule has 1 aromatic carbocycles. The van der Waals surface area contributed by atoms with Crippen molar-refractivity contribution in [3.05, 3.63) is 61.1 Å². The molecule has 19 heavy (non-hydrogen) atoms. The minimum Gasteiger partial charge on any atom is -0.264 e. The van der Waals surface area contributed by atoms with Crippen LogP contribution in [0.2, 0.25) is 0 Å². The maximum atomic E-state index is 11.9. The summed E-state index contributed by atoms with van der Waals surface area (Å²) >= 11 is 0. The van der Waals surface area contributed by atoms with Crippen molar-refractivity contribution in [3.63, 3.8) is 0 Å². The summed E-state index contributed by atoms with van der Waals surface area (Å²) in [5.74, 6) is -0.210. The number of benzene rings is 1. The maximum absolute atomic E-state index is 11.9. The van der Waals surface area contributed by atoms with Crippen molar-refractivity contribution in [2.24, 2.45) is 11.1 Å². The van der Waals surface area contributed by atoms with Crippen LogP contribution in [0.5, 0.6) is 0 Å². The van der Waals surface area contributed by atoms with Gasteiger partial charge < -0.3 is 0 Å². The Bertz CT molecular complexity index is 640. The first-order valence-corrected chi connectivity index (χ1v) is 7.16. The molecular weight excluding hydrogens is 262 g/mol. The molecule has 1 radical (unpaired) electrons. The van der Waals surface area contributed by atoms with E-state index in [0.29, 0.717) is 5.71 Å². The number of nitrogens with zero attached hydrogens (tertiary/aromatic N) is 1. The van der Waals surface area contributed by atoms with Gasteiger partial charge in [-0.2, -0.15) is 8.42 Å². The number of allylic oxidation sites excluding steroid dienone is 4. The van der Waals surface area contributed by atoms with Crippen molar-refractivity contribution in [2.75, 3.05) is 0 Å². The summed E-state index contributed by atoms with van der Waals surface area (Å²) in [5, 5.41) is 3.66. The van der Waals surface area contributed by atoms with Crippen LogP contribution in [-0.2, 0) is 14.4 Å². The number of hydrogen-bond acceptors (Lipinski definition) is 4. The molecule has 5 heteroatoms. The van der Waals surface area contributed by atoms with Gasteiger partial charge in [0.15, 0.2) is 0 Å². The Morgan fingerprint density at radius 2 is 1.89 bits per heavy atom. The van der Waals surface area contributed by atoms with Crippen molar-refractivity contribution in [3.8, 4) is 0 Å². The number of oxime groups is 1. The minimum absolute atomic E-state index is 0.0818. The summed E-state index contributed by atoms with van der Waals surface area (Å²) in [6.45, 7) is 5.70.